The van der Waals surface area contributed by atoms with Crippen LogP contribution in [0.3, 0.4) is 0 Å². The van der Waals surface area contributed by atoms with Crippen LogP contribution in [0.2, 0.25) is 15.1 Å². The Morgan fingerprint density at radius 3 is 2.39 bits per heavy atom. The van der Waals surface area contributed by atoms with Crippen LogP contribution in [0, 0.1) is 15.9 Å². The van der Waals surface area contributed by atoms with E-state index in [9.17, 15) is 24.1 Å². The van der Waals surface area contributed by atoms with Crippen molar-refractivity contribution in [2.45, 2.75) is 0 Å². The topological polar surface area (TPSA) is 101 Å². The van der Waals surface area contributed by atoms with E-state index in [1.807, 2.05) is 0 Å². The van der Waals surface area contributed by atoms with Gasteiger partial charge in [-0.3, -0.25) is 19.7 Å². The minimum atomic E-state index is -0.797. The fourth-order valence-corrected chi connectivity index (χ4v) is 3.41. The number of amides is 2. The second-order valence-electron chi connectivity index (χ2n) is 6.57. The van der Waals surface area contributed by atoms with Gasteiger partial charge in [-0.05, 0) is 48.0 Å². The monoisotopic (exact) mass is 507 g/mol. The smallest absolute Gasteiger partial charge is 0.272 e. The Morgan fingerprint density at radius 2 is 1.73 bits per heavy atom. The molecule has 0 aliphatic heterocycles. The van der Waals surface area contributed by atoms with Crippen molar-refractivity contribution in [3.63, 3.8) is 0 Å². The average molecular weight is 509 g/mol. The molecule has 2 amide bonds. The number of carbonyl (C=O) groups excluding carboxylic acids is 2. The molecule has 11 heteroatoms. The number of nitrogens with one attached hydrogen (secondary N) is 2. The summed E-state index contributed by atoms with van der Waals surface area (Å²) in [5, 5.41) is 16.4. The number of nitrogens with zero attached hydrogens (tertiary/aromatic N) is 1. The van der Waals surface area contributed by atoms with Crippen LogP contribution in [0.4, 0.5) is 15.8 Å². The Balaban J connectivity index is 1.98. The summed E-state index contributed by atoms with van der Waals surface area (Å²) in [5.74, 6) is -2.22. The molecule has 2 N–H and O–H groups in total. The Kier molecular flexibility index (Phi) is 7.65. The molecule has 0 spiro atoms. The van der Waals surface area contributed by atoms with Gasteiger partial charge in [-0.15, -0.1) is 0 Å². The molecular formula is C22H13Cl3FN3O4. The lowest BCUT2D eigenvalue weighted by molar-refractivity contribution is -0.384. The van der Waals surface area contributed by atoms with Gasteiger partial charge in [-0.1, -0.05) is 46.9 Å². The summed E-state index contributed by atoms with van der Waals surface area (Å²) in [5.41, 5.74) is -0.0865. The van der Waals surface area contributed by atoms with Gasteiger partial charge in [-0.2, -0.15) is 0 Å². The Morgan fingerprint density at radius 1 is 0.970 bits per heavy atom. The van der Waals surface area contributed by atoms with E-state index in [0.717, 1.165) is 18.2 Å². The molecule has 3 aromatic rings. The number of rotatable bonds is 6. The van der Waals surface area contributed by atoms with Gasteiger partial charge in [0.1, 0.15) is 11.5 Å². The lowest BCUT2D eigenvalue weighted by atomic mass is 10.1. The lowest BCUT2D eigenvalue weighted by Crippen LogP contribution is -2.31. The number of benzene rings is 3. The number of nitro groups is 1. The van der Waals surface area contributed by atoms with Crippen LogP contribution >= 0.6 is 34.8 Å². The van der Waals surface area contributed by atoms with Gasteiger partial charge in [0.2, 0.25) is 0 Å². The van der Waals surface area contributed by atoms with E-state index in [1.165, 1.54) is 48.5 Å². The zero-order valence-electron chi connectivity index (χ0n) is 16.4. The van der Waals surface area contributed by atoms with Gasteiger partial charge in [0.15, 0.2) is 0 Å². The van der Waals surface area contributed by atoms with Crippen molar-refractivity contribution in [3.05, 3.63) is 108 Å². The molecule has 0 aromatic heterocycles. The van der Waals surface area contributed by atoms with Crippen molar-refractivity contribution in [2.24, 2.45) is 0 Å². The normalized spacial score (nSPS) is 11.1. The molecule has 168 valence electrons. The maximum absolute atomic E-state index is 13.3. The zero-order chi connectivity index (χ0) is 24.1. The fourth-order valence-electron chi connectivity index (χ4n) is 2.70. The largest absolute Gasteiger partial charge is 0.319 e. The highest BCUT2D eigenvalue weighted by atomic mass is 35.5. The lowest BCUT2D eigenvalue weighted by Gasteiger charge is -2.13. The van der Waals surface area contributed by atoms with Gasteiger partial charge >= 0.3 is 0 Å². The number of carbonyl (C=O) groups is 2. The molecule has 0 saturated heterocycles. The molecule has 0 heterocycles. The summed E-state index contributed by atoms with van der Waals surface area (Å²) < 4.78 is 13.3. The predicted octanol–water partition coefficient (Wildman–Crippen LogP) is 6.10. The number of hydrogen-bond donors (Lipinski definition) is 2. The third-order valence-electron chi connectivity index (χ3n) is 4.24. The molecule has 3 aromatic carbocycles. The number of halogens is 4. The first-order chi connectivity index (χ1) is 15.6. The Bertz CT molecular complexity index is 1300. The van der Waals surface area contributed by atoms with Gasteiger partial charge in [0.25, 0.3) is 17.5 Å². The van der Waals surface area contributed by atoms with E-state index in [-0.39, 0.29) is 38.2 Å². The van der Waals surface area contributed by atoms with Crippen LogP contribution in [0.15, 0.2) is 66.4 Å². The van der Waals surface area contributed by atoms with Crippen LogP contribution in [0.5, 0.6) is 0 Å². The highest BCUT2D eigenvalue weighted by molar-refractivity contribution is 6.37. The van der Waals surface area contributed by atoms with Gasteiger partial charge < -0.3 is 10.6 Å². The quantitative estimate of drug-likeness (QED) is 0.238. The third-order valence-corrected chi connectivity index (χ3v) is 5.10. The second-order valence-corrected chi connectivity index (χ2v) is 7.82. The summed E-state index contributed by atoms with van der Waals surface area (Å²) in [4.78, 5) is 36.2. The number of hydrogen-bond acceptors (Lipinski definition) is 4. The molecule has 0 radical (unpaired) electrons. The summed E-state index contributed by atoms with van der Waals surface area (Å²) in [6, 6.07) is 13.0. The molecule has 7 nitrogen and oxygen atoms in total. The molecular weight excluding hydrogens is 496 g/mol. The van der Waals surface area contributed by atoms with E-state index < -0.39 is 22.6 Å². The van der Waals surface area contributed by atoms with Crippen LogP contribution < -0.4 is 10.6 Å². The van der Waals surface area contributed by atoms with E-state index in [1.54, 1.807) is 0 Å². The molecule has 0 saturated carbocycles. The standard InChI is InChI=1S/C22H13Cl3FN3O4/c23-13-4-7-19(18(25)10-13)27-22(31)20(9-12-2-1-3-15(8-12)29(32)33)28-21(30)16-6-5-14(26)11-17(16)24/h1-11H,(H,27,31)(H,28,30)/b20-9-. The molecule has 0 aliphatic rings. The second kappa shape index (κ2) is 10.4. The van der Waals surface area contributed by atoms with Gasteiger partial charge in [0, 0.05) is 17.2 Å². The highest BCUT2D eigenvalue weighted by Crippen LogP contribution is 2.26. The molecule has 3 rings (SSSR count). The van der Waals surface area contributed by atoms with E-state index in [4.69, 9.17) is 34.8 Å². The summed E-state index contributed by atoms with van der Waals surface area (Å²) in [7, 11) is 0. The molecule has 0 aliphatic carbocycles. The van der Waals surface area contributed by atoms with Crippen LogP contribution in [-0.4, -0.2) is 16.7 Å². The zero-order valence-corrected chi connectivity index (χ0v) is 18.7. The van der Waals surface area contributed by atoms with Crippen molar-refractivity contribution in [3.8, 4) is 0 Å². The fraction of sp³-hybridized carbons (Fsp3) is 0. The van der Waals surface area contributed by atoms with Gasteiger partial charge in [-0.25, -0.2) is 4.39 Å². The van der Waals surface area contributed by atoms with Crippen LogP contribution in [0.25, 0.3) is 6.08 Å². The van der Waals surface area contributed by atoms with E-state index >= 15 is 0 Å². The number of anilines is 1. The summed E-state index contributed by atoms with van der Waals surface area (Å²) in [6.45, 7) is 0. The number of non-ortho nitro benzene ring substituents is 1. The number of nitro benzene ring substituents is 1. The maximum atomic E-state index is 13.3. The van der Waals surface area contributed by atoms with Crippen molar-refractivity contribution in [1.82, 2.24) is 5.32 Å². The van der Waals surface area contributed by atoms with Gasteiger partial charge in [0.05, 0.1) is 26.2 Å². The molecule has 0 fully saturated rings. The van der Waals surface area contributed by atoms with E-state index in [2.05, 4.69) is 10.6 Å². The summed E-state index contributed by atoms with van der Waals surface area (Å²) >= 11 is 17.9. The van der Waals surface area contributed by atoms with Crippen molar-refractivity contribution in [2.75, 3.05) is 5.32 Å². The van der Waals surface area contributed by atoms with Crippen molar-refractivity contribution in [1.29, 1.82) is 0 Å². The maximum Gasteiger partial charge on any atom is 0.272 e. The molecule has 0 atom stereocenters. The van der Waals surface area contributed by atoms with Crippen LogP contribution in [-0.2, 0) is 4.79 Å². The first-order valence-corrected chi connectivity index (χ1v) is 10.3. The first kappa shape index (κ1) is 24.2. The van der Waals surface area contributed by atoms with Crippen molar-refractivity contribution < 1.29 is 18.9 Å². The Hall–Kier alpha value is -3.46. The third kappa shape index (κ3) is 6.29. The van der Waals surface area contributed by atoms with E-state index in [0.29, 0.717) is 5.02 Å². The molecule has 33 heavy (non-hydrogen) atoms. The Labute approximate surface area is 201 Å². The average Bonchev–Trinajstić information content (AvgIpc) is 2.75. The van der Waals surface area contributed by atoms with Crippen LogP contribution in [0.1, 0.15) is 15.9 Å². The highest BCUT2D eigenvalue weighted by Gasteiger charge is 2.19. The SMILES string of the molecule is O=C(Nc1ccc(Cl)cc1Cl)/C(=C/c1cccc([N+](=O)[O-])c1)NC(=O)c1ccc(F)cc1Cl. The summed E-state index contributed by atoms with van der Waals surface area (Å²) in [6.07, 6.45) is 1.24. The molecule has 0 bridgehead atoms. The predicted molar refractivity (Wildman–Crippen MR) is 125 cm³/mol. The molecule has 0 unspecified atom stereocenters. The van der Waals surface area contributed by atoms with Crippen molar-refractivity contribution >= 4 is 64.1 Å². The minimum absolute atomic E-state index is 0.0830. The minimum Gasteiger partial charge on any atom is -0.319 e. The first-order valence-electron chi connectivity index (χ1n) is 9.13.